The molecule has 3 rings (SSSR count). The fourth-order valence-corrected chi connectivity index (χ4v) is 5.14. The largest absolute Gasteiger partial charge is 0.497 e. The number of carbonyl (C=O) groups excluding carboxylic acids is 1. The zero-order chi connectivity index (χ0) is 20.9. The Morgan fingerprint density at radius 1 is 1.21 bits per heavy atom. The molecule has 2 aromatic carbocycles. The lowest BCUT2D eigenvalue weighted by molar-refractivity contribution is -0.126. The molecular weight excluding hydrogens is 412 g/mol. The topological polar surface area (TPSA) is 75.7 Å². The van der Waals surface area contributed by atoms with Crippen LogP contribution in [0.5, 0.6) is 5.75 Å². The van der Waals surface area contributed by atoms with Crippen molar-refractivity contribution in [3.8, 4) is 5.75 Å². The van der Waals surface area contributed by atoms with Crippen molar-refractivity contribution in [2.24, 2.45) is 5.92 Å². The van der Waals surface area contributed by atoms with Crippen molar-refractivity contribution < 1.29 is 17.9 Å². The highest BCUT2D eigenvalue weighted by molar-refractivity contribution is 7.88. The van der Waals surface area contributed by atoms with Gasteiger partial charge in [-0.25, -0.2) is 12.7 Å². The lowest BCUT2D eigenvalue weighted by Gasteiger charge is -2.31. The van der Waals surface area contributed by atoms with E-state index >= 15 is 0 Å². The average Bonchev–Trinajstić information content (AvgIpc) is 2.74. The van der Waals surface area contributed by atoms with E-state index in [1.54, 1.807) is 31.4 Å². The molecule has 6 nitrogen and oxygen atoms in total. The van der Waals surface area contributed by atoms with Gasteiger partial charge in [-0.05, 0) is 48.2 Å². The molecule has 1 heterocycles. The molecule has 0 bridgehead atoms. The van der Waals surface area contributed by atoms with E-state index in [-0.39, 0.29) is 24.1 Å². The van der Waals surface area contributed by atoms with Crippen LogP contribution in [-0.2, 0) is 27.1 Å². The van der Waals surface area contributed by atoms with Gasteiger partial charge in [-0.15, -0.1) is 0 Å². The van der Waals surface area contributed by atoms with Crippen LogP contribution in [0.3, 0.4) is 0 Å². The van der Waals surface area contributed by atoms with Crippen LogP contribution in [0.15, 0.2) is 48.5 Å². The molecule has 1 amide bonds. The van der Waals surface area contributed by atoms with Gasteiger partial charge < -0.3 is 10.1 Å². The number of halogens is 1. The van der Waals surface area contributed by atoms with Crippen LogP contribution in [-0.4, -0.2) is 38.8 Å². The van der Waals surface area contributed by atoms with Gasteiger partial charge in [0, 0.05) is 24.7 Å². The van der Waals surface area contributed by atoms with E-state index in [0.29, 0.717) is 36.5 Å². The molecule has 1 aliphatic rings. The van der Waals surface area contributed by atoms with Crippen molar-refractivity contribution in [2.45, 2.75) is 25.1 Å². The number of methoxy groups -OCH3 is 1. The summed E-state index contributed by atoms with van der Waals surface area (Å²) in [4.78, 5) is 12.6. The molecule has 0 aliphatic carbocycles. The van der Waals surface area contributed by atoms with E-state index in [2.05, 4.69) is 5.32 Å². The van der Waals surface area contributed by atoms with Gasteiger partial charge >= 0.3 is 0 Å². The first kappa shape index (κ1) is 21.6. The Morgan fingerprint density at radius 2 is 1.97 bits per heavy atom. The smallest absolute Gasteiger partial charge is 0.224 e. The fraction of sp³-hybridized carbons (Fsp3) is 0.381. The predicted molar refractivity (Wildman–Crippen MR) is 113 cm³/mol. The van der Waals surface area contributed by atoms with Crippen molar-refractivity contribution in [1.29, 1.82) is 0 Å². The van der Waals surface area contributed by atoms with Crippen molar-refractivity contribution in [2.75, 3.05) is 20.2 Å². The Balaban J connectivity index is 1.58. The molecule has 29 heavy (non-hydrogen) atoms. The first-order chi connectivity index (χ1) is 13.9. The maximum atomic E-state index is 12.8. The van der Waals surface area contributed by atoms with Crippen LogP contribution in [0.2, 0.25) is 5.02 Å². The minimum Gasteiger partial charge on any atom is -0.497 e. The molecule has 0 aromatic heterocycles. The fourth-order valence-electron chi connectivity index (χ4n) is 3.41. The summed E-state index contributed by atoms with van der Waals surface area (Å²) in [6.07, 6.45) is 1.34. The third-order valence-corrected chi connectivity index (χ3v) is 7.08. The molecule has 2 aromatic rings. The number of nitrogens with one attached hydrogen (secondary N) is 1. The SMILES string of the molecule is COc1cccc(CNC(=O)C2CCCN(S(=O)(=O)Cc3ccc(Cl)cc3)C2)c1. The highest BCUT2D eigenvalue weighted by Gasteiger charge is 2.32. The van der Waals surface area contributed by atoms with Gasteiger partial charge in [-0.3, -0.25) is 4.79 Å². The normalized spacial score (nSPS) is 17.7. The molecule has 0 radical (unpaired) electrons. The van der Waals surface area contributed by atoms with Crippen LogP contribution in [0.25, 0.3) is 0 Å². The monoisotopic (exact) mass is 436 g/mol. The average molecular weight is 437 g/mol. The Hall–Kier alpha value is -2.09. The molecule has 1 aliphatic heterocycles. The van der Waals surface area contributed by atoms with Crippen LogP contribution in [0.1, 0.15) is 24.0 Å². The summed E-state index contributed by atoms with van der Waals surface area (Å²) in [6.45, 7) is 1.03. The third kappa shape index (κ3) is 5.95. The summed E-state index contributed by atoms with van der Waals surface area (Å²) >= 11 is 5.87. The van der Waals surface area contributed by atoms with Gasteiger partial charge in [-0.1, -0.05) is 35.9 Å². The second-order valence-electron chi connectivity index (χ2n) is 7.15. The first-order valence-electron chi connectivity index (χ1n) is 9.50. The molecule has 0 spiro atoms. The number of carbonyl (C=O) groups is 1. The number of hydrogen-bond acceptors (Lipinski definition) is 4. The van der Waals surface area contributed by atoms with Gasteiger partial charge in [0.05, 0.1) is 18.8 Å². The number of ether oxygens (including phenoxy) is 1. The van der Waals surface area contributed by atoms with E-state index in [4.69, 9.17) is 16.3 Å². The maximum absolute atomic E-state index is 12.8. The number of hydrogen-bond donors (Lipinski definition) is 1. The quantitative estimate of drug-likeness (QED) is 0.723. The number of sulfonamides is 1. The van der Waals surface area contributed by atoms with Crippen molar-refractivity contribution in [3.05, 3.63) is 64.7 Å². The highest BCUT2D eigenvalue weighted by Crippen LogP contribution is 2.22. The highest BCUT2D eigenvalue weighted by atomic mass is 35.5. The van der Waals surface area contributed by atoms with E-state index < -0.39 is 10.0 Å². The van der Waals surface area contributed by atoms with E-state index in [0.717, 1.165) is 11.3 Å². The van der Waals surface area contributed by atoms with Crippen molar-refractivity contribution >= 4 is 27.5 Å². The van der Waals surface area contributed by atoms with E-state index in [9.17, 15) is 13.2 Å². The van der Waals surface area contributed by atoms with Crippen LogP contribution < -0.4 is 10.1 Å². The Labute approximate surface area is 176 Å². The number of benzene rings is 2. The Kier molecular flexibility index (Phi) is 7.16. The maximum Gasteiger partial charge on any atom is 0.224 e. The summed E-state index contributed by atoms with van der Waals surface area (Å²) in [5.74, 6) is 0.157. The minimum atomic E-state index is -3.50. The second kappa shape index (κ2) is 9.61. The van der Waals surface area contributed by atoms with Crippen LogP contribution in [0.4, 0.5) is 0 Å². The van der Waals surface area contributed by atoms with E-state index in [1.165, 1.54) is 4.31 Å². The number of piperidine rings is 1. The lowest BCUT2D eigenvalue weighted by atomic mass is 9.99. The molecule has 1 fully saturated rings. The second-order valence-corrected chi connectivity index (χ2v) is 9.55. The van der Waals surface area contributed by atoms with Crippen molar-refractivity contribution in [1.82, 2.24) is 9.62 Å². The molecule has 156 valence electrons. The van der Waals surface area contributed by atoms with Gasteiger partial charge in [-0.2, -0.15) is 0 Å². The Morgan fingerprint density at radius 3 is 2.69 bits per heavy atom. The molecule has 1 saturated heterocycles. The third-order valence-electron chi connectivity index (χ3n) is 5.01. The van der Waals surface area contributed by atoms with Gasteiger partial charge in [0.2, 0.25) is 15.9 Å². The molecule has 1 atom stereocenters. The van der Waals surface area contributed by atoms with Crippen LogP contribution >= 0.6 is 11.6 Å². The van der Waals surface area contributed by atoms with Crippen molar-refractivity contribution in [3.63, 3.8) is 0 Å². The summed E-state index contributed by atoms with van der Waals surface area (Å²) in [5.41, 5.74) is 1.61. The number of amides is 1. The zero-order valence-electron chi connectivity index (χ0n) is 16.3. The molecule has 8 heteroatoms. The number of rotatable bonds is 7. The van der Waals surface area contributed by atoms with Gasteiger partial charge in [0.1, 0.15) is 5.75 Å². The van der Waals surface area contributed by atoms with Gasteiger partial charge in [0.25, 0.3) is 0 Å². The predicted octanol–water partition coefficient (Wildman–Crippen LogP) is 3.21. The van der Waals surface area contributed by atoms with E-state index in [1.807, 2.05) is 24.3 Å². The summed E-state index contributed by atoms with van der Waals surface area (Å²) in [5, 5.41) is 3.48. The zero-order valence-corrected chi connectivity index (χ0v) is 17.9. The van der Waals surface area contributed by atoms with Gasteiger partial charge in [0.15, 0.2) is 0 Å². The molecular formula is C21H25ClN2O4S. The minimum absolute atomic E-state index is 0.0949. The standard InChI is InChI=1S/C21H25ClN2O4S/c1-28-20-6-2-4-17(12-20)13-23-21(25)18-5-3-11-24(14-18)29(26,27)15-16-7-9-19(22)10-8-16/h2,4,6-10,12,18H,3,5,11,13-15H2,1H3,(H,23,25). The summed E-state index contributed by atoms with van der Waals surface area (Å²) in [6, 6.07) is 14.3. The first-order valence-corrected chi connectivity index (χ1v) is 11.5. The Bertz CT molecular complexity index is 947. The number of nitrogens with zero attached hydrogens (tertiary/aromatic N) is 1. The lowest BCUT2D eigenvalue weighted by Crippen LogP contribution is -2.45. The molecule has 0 saturated carbocycles. The van der Waals surface area contributed by atoms with Crippen LogP contribution in [0, 0.1) is 5.92 Å². The molecule has 1 unspecified atom stereocenters. The summed E-state index contributed by atoms with van der Waals surface area (Å²) in [7, 11) is -1.90. The molecule has 1 N–H and O–H groups in total. The summed E-state index contributed by atoms with van der Waals surface area (Å²) < 4.78 is 32.2.